The Morgan fingerprint density at radius 3 is 2.77 bits per heavy atom. The van der Waals surface area contributed by atoms with Gasteiger partial charge in [0.1, 0.15) is 0 Å². The third kappa shape index (κ3) is 3.30. The maximum atomic E-state index is 12.3. The second-order valence-corrected chi connectivity index (χ2v) is 5.01. The molecule has 0 fully saturated rings. The van der Waals surface area contributed by atoms with Crippen LogP contribution in [0.2, 0.25) is 0 Å². The van der Waals surface area contributed by atoms with Gasteiger partial charge in [-0.15, -0.1) is 0 Å². The lowest BCUT2D eigenvalue weighted by Crippen LogP contribution is -2.32. The van der Waals surface area contributed by atoms with E-state index in [0.717, 1.165) is 5.56 Å². The molecular formula is C13H18N6O3. The molecule has 1 atom stereocenters. The summed E-state index contributed by atoms with van der Waals surface area (Å²) in [6, 6.07) is 0.780. The average molecular weight is 306 g/mol. The third-order valence-electron chi connectivity index (χ3n) is 3.31. The number of aryl methyl sites for hydroxylation is 2. The fraction of sp³-hybridized carbons (Fsp3) is 0.462. The van der Waals surface area contributed by atoms with Gasteiger partial charge in [-0.25, -0.2) is 0 Å². The van der Waals surface area contributed by atoms with Crippen molar-refractivity contribution in [2.75, 3.05) is 0 Å². The van der Waals surface area contributed by atoms with E-state index in [1.807, 2.05) is 13.1 Å². The number of hydrogen-bond donors (Lipinski definition) is 1. The Balaban J connectivity index is 2.10. The molecule has 1 N–H and O–H groups in total. The number of amides is 1. The number of hydrogen-bond acceptors (Lipinski definition) is 5. The molecule has 0 radical (unpaired) electrons. The van der Waals surface area contributed by atoms with E-state index in [2.05, 4.69) is 15.5 Å². The van der Waals surface area contributed by atoms with Gasteiger partial charge in [0.25, 0.3) is 0 Å². The molecule has 118 valence electrons. The minimum absolute atomic E-state index is 0.229. The minimum atomic E-state index is -0.578. The summed E-state index contributed by atoms with van der Waals surface area (Å²) in [5, 5.41) is 21.5. The van der Waals surface area contributed by atoms with E-state index in [4.69, 9.17) is 0 Å². The van der Waals surface area contributed by atoms with Gasteiger partial charge in [0.2, 0.25) is 5.91 Å². The van der Waals surface area contributed by atoms with Gasteiger partial charge in [0, 0.05) is 25.4 Å². The first-order chi connectivity index (χ1) is 10.4. The van der Waals surface area contributed by atoms with Gasteiger partial charge in [-0.3, -0.25) is 9.48 Å². The Labute approximate surface area is 127 Å². The summed E-state index contributed by atoms with van der Waals surface area (Å²) in [6.45, 7) is 3.88. The molecule has 2 heterocycles. The van der Waals surface area contributed by atoms with Crippen molar-refractivity contribution >= 4 is 11.7 Å². The van der Waals surface area contributed by atoms with E-state index in [1.54, 1.807) is 24.9 Å². The second-order valence-electron chi connectivity index (χ2n) is 5.01. The molecule has 0 spiro atoms. The molecule has 0 aliphatic heterocycles. The first kappa shape index (κ1) is 15.7. The van der Waals surface area contributed by atoms with E-state index in [9.17, 15) is 14.9 Å². The lowest BCUT2D eigenvalue weighted by atomic mass is 10.2. The van der Waals surface area contributed by atoms with Crippen LogP contribution in [-0.4, -0.2) is 30.4 Å². The molecule has 9 heteroatoms. The fourth-order valence-corrected chi connectivity index (χ4v) is 2.22. The quantitative estimate of drug-likeness (QED) is 0.635. The number of nitro groups is 1. The number of carbonyl (C=O) groups excluding carboxylic acids is 1. The van der Waals surface area contributed by atoms with Gasteiger partial charge in [-0.05, 0) is 18.3 Å². The molecule has 2 aromatic heterocycles. The van der Waals surface area contributed by atoms with Crippen molar-refractivity contribution in [1.82, 2.24) is 24.9 Å². The van der Waals surface area contributed by atoms with Crippen LogP contribution in [0.1, 0.15) is 30.6 Å². The Kier molecular flexibility index (Phi) is 4.54. The van der Waals surface area contributed by atoms with E-state index in [1.165, 1.54) is 10.7 Å². The van der Waals surface area contributed by atoms with Crippen LogP contribution in [0.5, 0.6) is 0 Å². The molecule has 1 amide bonds. The van der Waals surface area contributed by atoms with Crippen LogP contribution in [0.25, 0.3) is 0 Å². The molecule has 0 aliphatic carbocycles. The average Bonchev–Trinajstić information content (AvgIpc) is 3.04. The summed E-state index contributed by atoms with van der Waals surface area (Å²) in [5.74, 6) is -0.483. The van der Waals surface area contributed by atoms with Crippen molar-refractivity contribution in [3.63, 3.8) is 0 Å². The zero-order valence-corrected chi connectivity index (χ0v) is 12.7. The van der Waals surface area contributed by atoms with Crippen LogP contribution in [-0.2, 0) is 18.4 Å². The van der Waals surface area contributed by atoms with Gasteiger partial charge in [0.15, 0.2) is 6.04 Å². The topological polar surface area (TPSA) is 108 Å². The van der Waals surface area contributed by atoms with E-state index < -0.39 is 11.0 Å². The summed E-state index contributed by atoms with van der Waals surface area (Å²) in [6.07, 6.45) is 3.97. The molecule has 2 aromatic rings. The zero-order chi connectivity index (χ0) is 16.3. The van der Waals surface area contributed by atoms with Gasteiger partial charge in [-0.1, -0.05) is 6.92 Å². The Bertz CT molecular complexity index is 690. The minimum Gasteiger partial charge on any atom is -0.358 e. The molecule has 9 nitrogen and oxygen atoms in total. The molecule has 2 rings (SSSR count). The Morgan fingerprint density at radius 2 is 2.27 bits per heavy atom. The molecular weight excluding hydrogens is 288 g/mol. The van der Waals surface area contributed by atoms with Gasteiger partial charge in [0.05, 0.1) is 23.1 Å². The number of aromatic nitrogens is 4. The van der Waals surface area contributed by atoms with Crippen molar-refractivity contribution in [2.45, 2.75) is 32.9 Å². The van der Waals surface area contributed by atoms with E-state index >= 15 is 0 Å². The number of nitrogens with one attached hydrogen (secondary N) is 1. The van der Waals surface area contributed by atoms with Crippen LogP contribution in [0, 0.1) is 17.0 Å². The smallest absolute Gasteiger partial charge is 0.358 e. The number of rotatable bonds is 6. The van der Waals surface area contributed by atoms with Crippen LogP contribution in [0.3, 0.4) is 0 Å². The predicted octanol–water partition coefficient (Wildman–Crippen LogP) is 1.10. The Hall–Kier alpha value is -2.71. The van der Waals surface area contributed by atoms with Crippen LogP contribution in [0.15, 0.2) is 18.5 Å². The standard InChI is InChI=1S/C13H18N6O3/c1-4-11(18-9(2)5-12(16-18)19(21)22)13(20)14-6-10-7-15-17(3)8-10/h5,7-8,11H,4,6H2,1-3H3,(H,14,20). The highest BCUT2D eigenvalue weighted by molar-refractivity contribution is 5.80. The number of nitrogens with zero attached hydrogens (tertiary/aromatic N) is 5. The Morgan fingerprint density at radius 1 is 1.55 bits per heavy atom. The van der Waals surface area contributed by atoms with E-state index in [-0.39, 0.29) is 11.7 Å². The lowest BCUT2D eigenvalue weighted by molar-refractivity contribution is -0.389. The summed E-state index contributed by atoms with van der Waals surface area (Å²) in [5.41, 5.74) is 1.46. The molecule has 1 unspecified atom stereocenters. The third-order valence-corrected chi connectivity index (χ3v) is 3.31. The maximum absolute atomic E-state index is 12.3. The van der Waals surface area contributed by atoms with Gasteiger partial charge < -0.3 is 15.4 Å². The maximum Gasteiger partial charge on any atom is 0.390 e. The monoisotopic (exact) mass is 306 g/mol. The zero-order valence-electron chi connectivity index (χ0n) is 12.7. The lowest BCUT2D eigenvalue weighted by Gasteiger charge is -2.13. The predicted molar refractivity (Wildman–Crippen MR) is 78.0 cm³/mol. The van der Waals surface area contributed by atoms with Crippen molar-refractivity contribution in [2.24, 2.45) is 7.05 Å². The normalized spacial score (nSPS) is 12.1. The summed E-state index contributed by atoms with van der Waals surface area (Å²) in [4.78, 5) is 22.5. The SMILES string of the molecule is CCC(C(=O)NCc1cnn(C)c1)n1nc([N+](=O)[O-])cc1C. The highest BCUT2D eigenvalue weighted by Crippen LogP contribution is 2.18. The highest BCUT2D eigenvalue weighted by atomic mass is 16.6. The number of carbonyl (C=O) groups is 1. The van der Waals surface area contributed by atoms with Crippen molar-refractivity contribution in [1.29, 1.82) is 0 Å². The molecule has 22 heavy (non-hydrogen) atoms. The van der Waals surface area contributed by atoms with Crippen LogP contribution in [0.4, 0.5) is 5.82 Å². The van der Waals surface area contributed by atoms with Crippen LogP contribution < -0.4 is 5.32 Å². The van der Waals surface area contributed by atoms with Crippen molar-refractivity contribution < 1.29 is 9.72 Å². The largest absolute Gasteiger partial charge is 0.390 e. The molecule has 0 saturated carbocycles. The summed E-state index contributed by atoms with van der Waals surface area (Å²) in [7, 11) is 1.80. The van der Waals surface area contributed by atoms with Gasteiger partial charge in [-0.2, -0.15) is 9.78 Å². The molecule has 0 aliphatic rings. The molecule has 0 saturated heterocycles. The van der Waals surface area contributed by atoms with Crippen LogP contribution >= 0.6 is 0 Å². The molecule has 0 bridgehead atoms. The van der Waals surface area contributed by atoms with Crippen molar-refractivity contribution in [3.05, 3.63) is 39.8 Å². The second kappa shape index (κ2) is 6.37. The van der Waals surface area contributed by atoms with E-state index in [0.29, 0.717) is 18.7 Å². The summed E-state index contributed by atoms with van der Waals surface area (Å²) < 4.78 is 3.05. The summed E-state index contributed by atoms with van der Waals surface area (Å²) >= 11 is 0. The fourth-order valence-electron chi connectivity index (χ4n) is 2.22. The molecule has 0 aromatic carbocycles. The van der Waals surface area contributed by atoms with Crippen molar-refractivity contribution in [3.8, 4) is 0 Å². The first-order valence-electron chi connectivity index (χ1n) is 6.88. The first-order valence-corrected chi connectivity index (χ1v) is 6.88. The van der Waals surface area contributed by atoms with Gasteiger partial charge >= 0.3 is 5.82 Å². The highest BCUT2D eigenvalue weighted by Gasteiger charge is 2.26.